The van der Waals surface area contributed by atoms with Crippen LogP contribution in [0.25, 0.3) is 17.0 Å². The summed E-state index contributed by atoms with van der Waals surface area (Å²) in [6.07, 6.45) is 4.15. The molecule has 1 aliphatic heterocycles. The highest BCUT2D eigenvalue weighted by Gasteiger charge is 2.25. The molecule has 3 aromatic carbocycles. The largest absolute Gasteiger partial charge is 0.342 e. The van der Waals surface area contributed by atoms with E-state index in [0.29, 0.717) is 0 Å². The number of para-hydroxylation sites is 1. The van der Waals surface area contributed by atoms with Gasteiger partial charge in [0.15, 0.2) is 0 Å². The van der Waals surface area contributed by atoms with E-state index in [1.54, 1.807) is 11.8 Å². The van der Waals surface area contributed by atoms with Crippen molar-refractivity contribution >= 4 is 46.1 Å². The third kappa shape index (κ3) is 3.07. The molecule has 0 bridgehead atoms. The van der Waals surface area contributed by atoms with Gasteiger partial charge in [-0.25, -0.2) is 0 Å². The molecule has 1 aliphatic rings. The number of carbonyl (C=O) groups excluding carboxylic acids is 1. The molecule has 2 heterocycles. The molecule has 4 aromatic rings. The van der Waals surface area contributed by atoms with Crippen LogP contribution in [-0.4, -0.2) is 10.4 Å². The molecule has 0 saturated heterocycles. The van der Waals surface area contributed by atoms with Crippen LogP contribution in [0.1, 0.15) is 21.5 Å². The van der Waals surface area contributed by atoms with Crippen LogP contribution in [0.15, 0.2) is 88.8 Å². The first kappa shape index (κ1) is 17.4. The number of benzene rings is 3. The van der Waals surface area contributed by atoms with E-state index in [1.807, 2.05) is 66.7 Å². The number of rotatable bonds is 3. The molecule has 0 saturated carbocycles. The van der Waals surface area contributed by atoms with Gasteiger partial charge in [0, 0.05) is 44.7 Å². The van der Waals surface area contributed by atoms with Crippen molar-refractivity contribution in [1.29, 1.82) is 0 Å². The zero-order valence-electron chi connectivity index (χ0n) is 14.9. The first-order valence-electron chi connectivity index (χ1n) is 9.05. The van der Waals surface area contributed by atoms with Crippen LogP contribution in [0, 0.1) is 0 Å². The third-order valence-corrected chi connectivity index (χ3v) is 6.30. The van der Waals surface area contributed by atoms with E-state index in [2.05, 4.69) is 22.9 Å². The fraction of sp³-hybridized carbons (Fsp3) is 0.0417. The van der Waals surface area contributed by atoms with Crippen LogP contribution in [0.4, 0.5) is 0 Å². The molecule has 0 aliphatic carbocycles. The molecule has 0 radical (unpaired) electrons. The van der Waals surface area contributed by atoms with Crippen molar-refractivity contribution in [2.75, 3.05) is 0 Å². The van der Waals surface area contributed by atoms with Crippen LogP contribution >= 0.6 is 23.4 Å². The Bertz CT molecular complexity index is 1240. The number of hydrogen-bond acceptors (Lipinski definition) is 2. The number of fused-ring (bicyclic) bond motifs is 2. The minimum atomic E-state index is 0.107. The molecule has 0 amide bonds. The monoisotopic (exact) mass is 401 g/mol. The van der Waals surface area contributed by atoms with Gasteiger partial charge in [-0.1, -0.05) is 65.8 Å². The average molecular weight is 402 g/mol. The summed E-state index contributed by atoms with van der Waals surface area (Å²) in [6, 6.07) is 24.0. The molecule has 4 heteroatoms. The summed E-state index contributed by atoms with van der Waals surface area (Å²) in [5, 5.41) is 1.89. The van der Waals surface area contributed by atoms with Crippen LogP contribution in [-0.2, 0) is 6.54 Å². The van der Waals surface area contributed by atoms with Gasteiger partial charge >= 0.3 is 0 Å². The molecule has 0 fully saturated rings. The average Bonchev–Trinajstić information content (AvgIpc) is 3.22. The minimum Gasteiger partial charge on any atom is -0.342 e. The van der Waals surface area contributed by atoms with Crippen LogP contribution in [0.5, 0.6) is 0 Å². The maximum atomic E-state index is 12.8. The van der Waals surface area contributed by atoms with E-state index in [4.69, 9.17) is 11.6 Å². The Hall–Kier alpha value is -2.75. The predicted molar refractivity (Wildman–Crippen MR) is 117 cm³/mol. The Morgan fingerprint density at radius 1 is 0.929 bits per heavy atom. The first-order chi connectivity index (χ1) is 13.7. The number of hydrogen-bond donors (Lipinski definition) is 0. The van der Waals surface area contributed by atoms with Crippen molar-refractivity contribution in [3.63, 3.8) is 0 Å². The number of thioether (sulfide) groups is 1. The van der Waals surface area contributed by atoms with Gasteiger partial charge < -0.3 is 4.57 Å². The molecule has 136 valence electrons. The number of carbonyl (C=O) groups is 1. The topological polar surface area (TPSA) is 22.0 Å². The second kappa shape index (κ2) is 7.01. The van der Waals surface area contributed by atoms with Crippen molar-refractivity contribution in [3.8, 4) is 0 Å². The molecule has 2 nitrogen and oxygen atoms in total. The van der Waals surface area contributed by atoms with Gasteiger partial charge in [0.25, 0.3) is 0 Å². The van der Waals surface area contributed by atoms with E-state index in [9.17, 15) is 4.79 Å². The summed E-state index contributed by atoms with van der Waals surface area (Å²) in [4.78, 5) is 14.6. The van der Waals surface area contributed by atoms with Crippen molar-refractivity contribution in [1.82, 2.24) is 4.57 Å². The fourth-order valence-corrected chi connectivity index (χ4v) is 4.75. The van der Waals surface area contributed by atoms with Crippen molar-refractivity contribution in [2.45, 2.75) is 11.4 Å². The Balaban J connectivity index is 1.56. The SMILES string of the molecule is O=C1/C(=C/c2cn(Cc3ccc(Cl)cc3)c3ccccc23)Sc2ccccc21. The summed E-state index contributed by atoms with van der Waals surface area (Å²) in [7, 11) is 0. The van der Waals surface area contributed by atoms with E-state index in [-0.39, 0.29) is 5.78 Å². The Morgan fingerprint density at radius 2 is 1.68 bits per heavy atom. The van der Waals surface area contributed by atoms with Crippen molar-refractivity contribution in [2.24, 2.45) is 0 Å². The highest BCUT2D eigenvalue weighted by molar-refractivity contribution is 8.04. The zero-order valence-corrected chi connectivity index (χ0v) is 16.5. The predicted octanol–water partition coefficient (Wildman–Crippen LogP) is 6.67. The summed E-state index contributed by atoms with van der Waals surface area (Å²) in [5.41, 5.74) is 4.19. The Morgan fingerprint density at radius 3 is 2.50 bits per heavy atom. The van der Waals surface area contributed by atoms with Gasteiger partial charge in [-0.15, -0.1) is 0 Å². The summed E-state index contributed by atoms with van der Waals surface area (Å²) >= 11 is 7.56. The number of nitrogens with zero attached hydrogens (tertiary/aromatic N) is 1. The lowest BCUT2D eigenvalue weighted by Gasteiger charge is -2.05. The number of aromatic nitrogens is 1. The van der Waals surface area contributed by atoms with E-state index < -0.39 is 0 Å². The summed E-state index contributed by atoms with van der Waals surface area (Å²) in [5.74, 6) is 0.107. The zero-order chi connectivity index (χ0) is 19.1. The second-order valence-corrected chi connectivity index (χ2v) is 8.31. The van der Waals surface area contributed by atoms with Gasteiger partial charge in [0.1, 0.15) is 0 Å². The molecular formula is C24H16ClNOS. The number of Topliss-reactive ketones (excluding diaryl/α,β-unsaturated/α-hetero) is 1. The van der Waals surface area contributed by atoms with Crippen LogP contribution in [0.3, 0.4) is 0 Å². The molecular weight excluding hydrogens is 386 g/mol. The maximum Gasteiger partial charge on any atom is 0.200 e. The Kier molecular flexibility index (Phi) is 4.34. The maximum absolute atomic E-state index is 12.8. The van der Waals surface area contributed by atoms with Gasteiger partial charge in [-0.2, -0.15) is 0 Å². The lowest BCUT2D eigenvalue weighted by molar-refractivity contribution is 0.104. The fourth-order valence-electron chi connectivity index (χ4n) is 3.58. The molecule has 0 unspecified atom stereocenters. The minimum absolute atomic E-state index is 0.107. The molecule has 28 heavy (non-hydrogen) atoms. The van der Waals surface area contributed by atoms with Gasteiger partial charge in [0.2, 0.25) is 5.78 Å². The molecule has 5 rings (SSSR count). The molecule has 0 spiro atoms. The summed E-state index contributed by atoms with van der Waals surface area (Å²) < 4.78 is 2.22. The highest BCUT2D eigenvalue weighted by atomic mass is 35.5. The normalized spacial score (nSPS) is 14.8. The lowest BCUT2D eigenvalue weighted by Crippen LogP contribution is -1.97. The third-order valence-electron chi connectivity index (χ3n) is 4.95. The lowest BCUT2D eigenvalue weighted by atomic mass is 10.1. The number of allylic oxidation sites excluding steroid dienone is 1. The summed E-state index contributed by atoms with van der Waals surface area (Å²) in [6.45, 7) is 0.752. The second-order valence-electron chi connectivity index (χ2n) is 6.79. The van der Waals surface area contributed by atoms with Gasteiger partial charge in [-0.05, 0) is 42.0 Å². The van der Waals surface area contributed by atoms with Crippen molar-refractivity contribution in [3.05, 3.63) is 106 Å². The quantitative estimate of drug-likeness (QED) is 0.357. The standard InChI is InChI=1S/C24H16ClNOS/c25-18-11-9-16(10-12-18)14-26-15-17(19-5-1-3-7-21(19)26)13-23-24(27)20-6-2-4-8-22(20)28-23/h1-13,15H,14H2/b23-13-. The van der Waals surface area contributed by atoms with Crippen LogP contribution in [0.2, 0.25) is 5.02 Å². The van der Waals surface area contributed by atoms with E-state index >= 15 is 0 Å². The number of ketones is 1. The number of halogens is 1. The van der Waals surface area contributed by atoms with Gasteiger partial charge in [0.05, 0.1) is 4.91 Å². The first-order valence-corrected chi connectivity index (χ1v) is 10.2. The molecule has 0 atom stereocenters. The highest BCUT2D eigenvalue weighted by Crippen LogP contribution is 2.41. The van der Waals surface area contributed by atoms with Gasteiger partial charge in [-0.3, -0.25) is 4.79 Å². The smallest absolute Gasteiger partial charge is 0.200 e. The van der Waals surface area contributed by atoms with E-state index in [1.165, 1.54) is 5.56 Å². The van der Waals surface area contributed by atoms with E-state index in [0.717, 1.165) is 43.4 Å². The molecule has 1 aromatic heterocycles. The van der Waals surface area contributed by atoms with Crippen molar-refractivity contribution < 1.29 is 4.79 Å². The van der Waals surface area contributed by atoms with Crippen LogP contribution < -0.4 is 0 Å². The Labute approximate surface area is 172 Å². The molecule has 0 N–H and O–H groups in total.